The number of benzene rings is 1. The number of pyridine rings is 3. The Morgan fingerprint density at radius 2 is 1.72 bits per heavy atom. The molecule has 0 bridgehead atoms. The Hall–Kier alpha value is -5.09. The number of aromatic nitrogens is 7. The van der Waals surface area contributed by atoms with Crippen molar-refractivity contribution in [2.45, 2.75) is 37.8 Å². The predicted molar refractivity (Wildman–Crippen MR) is 167 cm³/mol. The average Bonchev–Trinajstić information content (AvgIpc) is 3.81. The molecule has 1 atom stereocenters. The van der Waals surface area contributed by atoms with Gasteiger partial charge in [0.1, 0.15) is 17.2 Å². The zero-order valence-corrected chi connectivity index (χ0v) is 23.7. The minimum Gasteiger partial charge on any atom is -0.383 e. The summed E-state index contributed by atoms with van der Waals surface area (Å²) in [6, 6.07) is 23.4. The highest BCUT2D eigenvalue weighted by molar-refractivity contribution is 5.83. The van der Waals surface area contributed by atoms with Gasteiger partial charge in [-0.1, -0.05) is 12.1 Å². The average molecular weight is 569 g/mol. The summed E-state index contributed by atoms with van der Waals surface area (Å²) in [6.45, 7) is 2.04. The number of nitrogen functional groups attached to an aromatic ring is 1. The first-order valence-corrected chi connectivity index (χ1v) is 14.9. The molecule has 0 amide bonds. The van der Waals surface area contributed by atoms with E-state index in [1.807, 2.05) is 48.8 Å². The highest BCUT2D eigenvalue weighted by Gasteiger charge is 2.28. The van der Waals surface area contributed by atoms with E-state index < -0.39 is 0 Å². The van der Waals surface area contributed by atoms with Crippen molar-refractivity contribution in [2.75, 3.05) is 23.7 Å². The number of rotatable bonds is 6. The number of nitrogens with zero attached hydrogens (tertiary/aromatic N) is 8. The second-order valence-electron chi connectivity index (χ2n) is 11.3. The van der Waals surface area contributed by atoms with Crippen molar-refractivity contribution in [3.05, 3.63) is 103 Å². The Morgan fingerprint density at radius 1 is 0.814 bits per heavy atom. The van der Waals surface area contributed by atoms with Gasteiger partial charge in [0, 0.05) is 55.6 Å². The van der Waals surface area contributed by atoms with E-state index in [0.717, 1.165) is 78.6 Å². The van der Waals surface area contributed by atoms with Gasteiger partial charge in [0.15, 0.2) is 17.3 Å². The number of hydrogen-bond acceptors (Lipinski definition) is 8. The topological polar surface area (TPSA) is 116 Å². The van der Waals surface area contributed by atoms with E-state index in [4.69, 9.17) is 15.7 Å². The van der Waals surface area contributed by atoms with E-state index in [1.54, 1.807) is 17.1 Å². The van der Waals surface area contributed by atoms with Crippen LogP contribution in [-0.4, -0.2) is 53.4 Å². The minimum absolute atomic E-state index is 0.355. The molecule has 10 nitrogen and oxygen atoms in total. The first kappa shape index (κ1) is 25.6. The van der Waals surface area contributed by atoms with E-state index in [9.17, 15) is 0 Å². The summed E-state index contributed by atoms with van der Waals surface area (Å²) in [4.78, 5) is 21.3. The van der Waals surface area contributed by atoms with Crippen LogP contribution in [0.1, 0.15) is 36.4 Å². The fourth-order valence-corrected chi connectivity index (χ4v) is 6.53. The van der Waals surface area contributed by atoms with Gasteiger partial charge in [0.25, 0.3) is 0 Å². The van der Waals surface area contributed by atoms with Crippen molar-refractivity contribution in [3.63, 3.8) is 0 Å². The van der Waals surface area contributed by atoms with Crippen LogP contribution in [0.4, 0.5) is 11.6 Å². The van der Waals surface area contributed by atoms with Gasteiger partial charge < -0.3 is 16.0 Å². The van der Waals surface area contributed by atoms with Crippen molar-refractivity contribution < 1.29 is 0 Å². The molecule has 6 heterocycles. The highest BCUT2D eigenvalue weighted by atomic mass is 15.3. The molecule has 1 fully saturated rings. The van der Waals surface area contributed by atoms with Crippen molar-refractivity contribution in [3.8, 4) is 22.9 Å². The number of hydrogen-bond donors (Lipinski definition) is 2. The van der Waals surface area contributed by atoms with Crippen molar-refractivity contribution in [1.29, 1.82) is 0 Å². The van der Waals surface area contributed by atoms with Gasteiger partial charge in [-0.25, -0.2) is 24.6 Å². The molecule has 2 aliphatic rings. The Bertz CT molecular complexity index is 1890. The molecule has 8 rings (SSSR count). The fraction of sp³-hybridized carbons (Fsp3) is 0.242. The number of fused-ring (bicyclic) bond motifs is 2. The van der Waals surface area contributed by atoms with Gasteiger partial charge in [-0.15, -0.1) is 0 Å². The van der Waals surface area contributed by atoms with E-state index in [2.05, 4.69) is 60.2 Å². The lowest BCUT2D eigenvalue weighted by molar-refractivity contribution is 0.367. The first-order valence-electron chi connectivity index (χ1n) is 14.9. The van der Waals surface area contributed by atoms with Crippen LogP contribution in [0, 0.1) is 0 Å². The van der Waals surface area contributed by atoms with Crippen LogP contribution in [0.15, 0.2) is 91.5 Å². The third kappa shape index (κ3) is 4.69. The van der Waals surface area contributed by atoms with Crippen LogP contribution in [0.2, 0.25) is 0 Å². The summed E-state index contributed by atoms with van der Waals surface area (Å²) in [6.07, 6.45) is 11.6. The first-order chi connectivity index (χ1) is 21.2. The maximum Gasteiger partial charge on any atom is 0.167 e. The normalized spacial score (nSPS) is 17.0. The van der Waals surface area contributed by atoms with Crippen molar-refractivity contribution in [2.24, 2.45) is 0 Å². The fourth-order valence-electron chi connectivity index (χ4n) is 6.53. The molecule has 1 aliphatic heterocycles. The lowest BCUT2D eigenvalue weighted by Gasteiger charge is -2.34. The molecule has 43 heavy (non-hydrogen) atoms. The van der Waals surface area contributed by atoms with Gasteiger partial charge in [-0.05, 0) is 91.4 Å². The van der Waals surface area contributed by atoms with E-state index >= 15 is 0 Å². The molecule has 5 aromatic heterocycles. The summed E-state index contributed by atoms with van der Waals surface area (Å²) >= 11 is 0. The standard InChI is InChI=1S/C33H32N10/c34-31-26(5-3-16-36-31)32-39-28-11-12-30(42-18-4-17-37-42)40-33(28)43(32)24-8-9-25-22(21-24)7-10-27(25)38-23-13-19-41(20-14-23)29-6-1-2-15-35-29/h1-6,8-9,11-12,15-18,21,23,27,38H,7,10,13-14,19-20H2,(H2,34,36)/t27-/m0/s1. The van der Waals surface area contributed by atoms with E-state index in [1.165, 1.54) is 11.1 Å². The van der Waals surface area contributed by atoms with Crippen molar-refractivity contribution in [1.82, 2.24) is 39.6 Å². The summed E-state index contributed by atoms with van der Waals surface area (Å²) in [5.41, 5.74) is 12.4. The lowest BCUT2D eigenvalue weighted by Crippen LogP contribution is -2.43. The van der Waals surface area contributed by atoms with Crippen LogP contribution >= 0.6 is 0 Å². The second-order valence-corrected chi connectivity index (χ2v) is 11.3. The zero-order valence-electron chi connectivity index (χ0n) is 23.7. The Kier molecular flexibility index (Phi) is 6.33. The third-order valence-corrected chi connectivity index (χ3v) is 8.68. The SMILES string of the molecule is Nc1ncccc1-c1nc2ccc(-n3cccn3)nc2n1-c1ccc2c(c1)CC[C@@H]2NC1CCN(c2ccccn2)CC1. The smallest absolute Gasteiger partial charge is 0.167 e. The van der Waals surface area contributed by atoms with Gasteiger partial charge >= 0.3 is 0 Å². The number of nitrogens with two attached hydrogens (primary N) is 1. The monoisotopic (exact) mass is 568 g/mol. The number of piperidine rings is 1. The Morgan fingerprint density at radius 3 is 2.53 bits per heavy atom. The molecule has 0 radical (unpaired) electrons. The third-order valence-electron chi connectivity index (χ3n) is 8.68. The molecule has 3 N–H and O–H groups in total. The Balaban J connectivity index is 1.11. The van der Waals surface area contributed by atoms with Crippen molar-refractivity contribution >= 4 is 22.8 Å². The molecule has 10 heteroatoms. The lowest BCUT2D eigenvalue weighted by atomic mass is 10.0. The molecular formula is C33H32N10. The summed E-state index contributed by atoms with van der Waals surface area (Å²) in [7, 11) is 0. The second kappa shape index (κ2) is 10.6. The quantitative estimate of drug-likeness (QED) is 0.292. The number of nitrogens with one attached hydrogen (secondary N) is 1. The number of anilines is 2. The minimum atomic E-state index is 0.355. The maximum absolute atomic E-state index is 6.35. The van der Waals surface area contributed by atoms with E-state index in [-0.39, 0.29) is 0 Å². The van der Waals surface area contributed by atoms with Gasteiger partial charge in [0.2, 0.25) is 0 Å². The largest absolute Gasteiger partial charge is 0.383 e. The summed E-state index contributed by atoms with van der Waals surface area (Å²) < 4.78 is 3.86. The summed E-state index contributed by atoms with van der Waals surface area (Å²) in [5.74, 6) is 2.96. The predicted octanol–water partition coefficient (Wildman–Crippen LogP) is 4.89. The van der Waals surface area contributed by atoms with Crippen LogP contribution < -0.4 is 16.0 Å². The zero-order chi connectivity index (χ0) is 28.8. The van der Waals surface area contributed by atoms with Gasteiger partial charge in [0.05, 0.1) is 5.56 Å². The number of aryl methyl sites for hydroxylation is 1. The molecule has 0 unspecified atom stereocenters. The van der Waals surface area contributed by atoms with Crippen LogP contribution in [0.25, 0.3) is 34.1 Å². The maximum atomic E-state index is 6.35. The number of imidazole rings is 1. The molecule has 1 aromatic carbocycles. The van der Waals surface area contributed by atoms with Crippen LogP contribution in [-0.2, 0) is 6.42 Å². The Labute approximate surface area is 249 Å². The van der Waals surface area contributed by atoms with E-state index in [0.29, 0.717) is 17.9 Å². The molecule has 0 spiro atoms. The molecule has 1 saturated heterocycles. The molecule has 0 saturated carbocycles. The highest BCUT2D eigenvalue weighted by Crippen LogP contribution is 2.36. The van der Waals surface area contributed by atoms with Gasteiger partial charge in [-0.2, -0.15) is 5.10 Å². The molecule has 6 aromatic rings. The summed E-state index contributed by atoms with van der Waals surface area (Å²) in [5, 5.41) is 8.36. The molecule has 1 aliphatic carbocycles. The molecule has 214 valence electrons. The molecular weight excluding hydrogens is 536 g/mol. The van der Waals surface area contributed by atoms with Crippen LogP contribution in [0.5, 0.6) is 0 Å². The van der Waals surface area contributed by atoms with Crippen LogP contribution in [0.3, 0.4) is 0 Å². The van der Waals surface area contributed by atoms with Gasteiger partial charge in [-0.3, -0.25) is 4.57 Å².